The van der Waals surface area contributed by atoms with Crippen molar-refractivity contribution in [1.29, 1.82) is 0 Å². The minimum Gasteiger partial charge on any atom is -0.423 e. The number of thioether (sulfide) groups is 1. The highest BCUT2D eigenvalue weighted by molar-refractivity contribution is 7.98. The molecule has 0 saturated carbocycles. The van der Waals surface area contributed by atoms with E-state index in [2.05, 4.69) is 0 Å². The molecule has 0 aliphatic rings. The Kier molecular flexibility index (Phi) is 3.14. The lowest BCUT2D eigenvalue weighted by molar-refractivity contribution is 0.425. The molecule has 0 aromatic heterocycles. The van der Waals surface area contributed by atoms with Crippen molar-refractivity contribution in [2.75, 3.05) is 6.26 Å². The molecule has 0 unspecified atom stereocenters. The van der Waals surface area contributed by atoms with Crippen molar-refractivity contribution in [2.45, 2.75) is 4.90 Å². The molecular weight excluding hydrogens is 178 g/mol. The predicted molar refractivity (Wildman–Crippen MR) is 48.0 cm³/mol. The van der Waals surface area contributed by atoms with Gasteiger partial charge in [-0.3, -0.25) is 0 Å². The summed E-state index contributed by atoms with van der Waals surface area (Å²) >= 11 is 1.23. The largest absolute Gasteiger partial charge is 0.488 e. The van der Waals surface area contributed by atoms with E-state index in [9.17, 15) is 4.39 Å². The summed E-state index contributed by atoms with van der Waals surface area (Å²) in [6.45, 7) is 0. The fraction of sp³-hybridized carbons (Fsp3) is 0.143. The topological polar surface area (TPSA) is 40.5 Å². The fourth-order valence-corrected chi connectivity index (χ4v) is 1.35. The molecule has 0 aliphatic carbocycles. The molecule has 0 aliphatic heterocycles. The third-order valence-corrected chi connectivity index (χ3v) is 2.23. The average molecular weight is 186 g/mol. The molecule has 5 heteroatoms. The van der Waals surface area contributed by atoms with Gasteiger partial charge in [-0.15, -0.1) is 11.8 Å². The molecule has 0 bridgehead atoms. The van der Waals surface area contributed by atoms with Crippen molar-refractivity contribution in [3.63, 3.8) is 0 Å². The van der Waals surface area contributed by atoms with E-state index in [0.717, 1.165) is 0 Å². The normalized spacial score (nSPS) is 10.0. The van der Waals surface area contributed by atoms with Gasteiger partial charge in [0.2, 0.25) is 0 Å². The third-order valence-electron chi connectivity index (χ3n) is 1.47. The van der Waals surface area contributed by atoms with Crippen LogP contribution in [0.2, 0.25) is 0 Å². The SMILES string of the molecule is CSc1cc(B(O)O)ccc1F. The molecule has 1 aromatic carbocycles. The Bertz CT molecular complexity index is 280. The van der Waals surface area contributed by atoms with Crippen LogP contribution in [0.5, 0.6) is 0 Å². The molecule has 0 radical (unpaired) electrons. The molecule has 2 N–H and O–H groups in total. The van der Waals surface area contributed by atoms with E-state index in [4.69, 9.17) is 10.0 Å². The first-order chi connectivity index (χ1) is 5.65. The van der Waals surface area contributed by atoms with Gasteiger partial charge in [0.15, 0.2) is 0 Å². The van der Waals surface area contributed by atoms with Gasteiger partial charge in [0.1, 0.15) is 5.82 Å². The quantitative estimate of drug-likeness (QED) is 0.513. The minimum absolute atomic E-state index is 0.306. The summed E-state index contributed by atoms with van der Waals surface area (Å²) in [7, 11) is -1.53. The number of halogens is 1. The fourth-order valence-electron chi connectivity index (χ4n) is 0.837. The lowest BCUT2D eigenvalue weighted by atomic mass is 9.80. The summed E-state index contributed by atoms with van der Waals surface area (Å²) in [5.74, 6) is -0.341. The second-order valence-corrected chi connectivity index (χ2v) is 3.12. The van der Waals surface area contributed by atoms with Crippen LogP contribution in [0, 0.1) is 5.82 Å². The Balaban J connectivity index is 3.05. The molecule has 1 rings (SSSR count). The Morgan fingerprint density at radius 2 is 2.08 bits per heavy atom. The highest BCUT2D eigenvalue weighted by Crippen LogP contribution is 2.16. The van der Waals surface area contributed by atoms with Crippen LogP contribution in [0.4, 0.5) is 4.39 Å². The van der Waals surface area contributed by atoms with Gasteiger partial charge in [-0.1, -0.05) is 6.07 Å². The van der Waals surface area contributed by atoms with E-state index in [-0.39, 0.29) is 5.82 Å². The average Bonchev–Trinajstić information content (AvgIpc) is 2.05. The summed E-state index contributed by atoms with van der Waals surface area (Å²) in [6.07, 6.45) is 1.73. The van der Waals surface area contributed by atoms with Gasteiger partial charge in [0, 0.05) is 4.90 Å². The molecule has 0 amide bonds. The maximum Gasteiger partial charge on any atom is 0.488 e. The number of benzene rings is 1. The van der Waals surface area contributed by atoms with Crippen LogP contribution >= 0.6 is 11.8 Å². The molecule has 0 saturated heterocycles. The van der Waals surface area contributed by atoms with E-state index < -0.39 is 7.12 Å². The first-order valence-electron chi connectivity index (χ1n) is 3.34. The lowest BCUT2D eigenvalue weighted by Gasteiger charge is -2.02. The summed E-state index contributed by atoms with van der Waals surface area (Å²) < 4.78 is 12.8. The maximum absolute atomic E-state index is 12.8. The summed E-state index contributed by atoms with van der Waals surface area (Å²) in [5.41, 5.74) is 0.306. The summed E-state index contributed by atoms with van der Waals surface area (Å²) in [5, 5.41) is 17.5. The van der Waals surface area contributed by atoms with Gasteiger partial charge in [0.05, 0.1) is 0 Å². The Labute approximate surface area is 74.6 Å². The number of hydrogen-bond acceptors (Lipinski definition) is 3. The molecule has 12 heavy (non-hydrogen) atoms. The van der Waals surface area contributed by atoms with E-state index in [1.807, 2.05) is 0 Å². The Morgan fingerprint density at radius 1 is 1.42 bits per heavy atom. The van der Waals surface area contributed by atoms with Crippen LogP contribution in [0.25, 0.3) is 0 Å². The Hall–Kier alpha value is -0.515. The molecule has 0 atom stereocenters. The molecular formula is C7H8BFO2S. The first-order valence-corrected chi connectivity index (χ1v) is 4.57. The lowest BCUT2D eigenvalue weighted by Crippen LogP contribution is -2.29. The van der Waals surface area contributed by atoms with Crippen LogP contribution in [0.15, 0.2) is 23.1 Å². The standard InChI is InChI=1S/C7H8BFO2S/c1-12-7-4-5(8(10)11)2-3-6(7)9/h2-4,10-11H,1H3. The predicted octanol–water partition coefficient (Wildman–Crippen LogP) is 0.227. The van der Waals surface area contributed by atoms with Crippen LogP contribution in [0.3, 0.4) is 0 Å². The molecule has 0 spiro atoms. The molecule has 0 heterocycles. The zero-order chi connectivity index (χ0) is 9.14. The highest BCUT2D eigenvalue weighted by Gasteiger charge is 2.12. The van der Waals surface area contributed by atoms with Gasteiger partial charge in [-0.25, -0.2) is 4.39 Å². The van der Waals surface area contributed by atoms with Gasteiger partial charge in [-0.05, 0) is 23.9 Å². The van der Waals surface area contributed by atoms with Crippen molar-refractivity contribution in [2.24, 2.45) is 0 Å². The van der Waals surface area contributed by atoms with Crippen molar-refractivity contribution in [3.8, 4) is 0 Å². The smallest absolute Gasteiger partial charge is 0.423 e. The highest BCUT2D eigenvalue weighted by atomic mass is 32.2. The second-order valence-electron chi connectivity index (χ2n) is 2.27. The van der Waals surface area contributed by atoms with Crippen LogP contribution in [-0.2, 0) is 0 Å². The van der Waals surface area contributed by atoms with E-state index in [1.54, 1.807) is 6.26 Å². The molecule has 0 fully saturated rings. The van der Waals surface area contributed by atoms with Crippen LogP contribution in [-0.4, -0.2) is 23.4 Å². The van der Waals surface area contributed by atoms with Gasteiger partial charge >= 0.3 is 7.12 Å². The zero-order valence-electron chi connectivity index (χ0n) is 6.49. The maximum atomic E-state index is 12.8. The molecule has 2 nitrogen and oxygen atoms in total. The monoisotopic (exact) mass is 186 g/mol. The summed E-state index contributed by atoms with van der Waals surface area (Å²) in [6, 6.07) is 3.99. The first kappa shape index (κ1) is 9.57. The Morgan fingerprint density at radius 3 is 2.58 bits per heavy atom. The van der Waals surface area contributed by atoms with E-state index in [1.165, 1.54) is 30.0 Å². The number of rotatable bonds is 2. The zero-order valence-corrected chi connectivity index (χ0v) is 7.31. The minimum atomic E-state index is -1.53. The van der Waals surface area contributed by atoms with Gasteiger partial charge in [0.25, 0.3) is 0 Å². The van der Waals surface area contributed by atoms with Crippen molar-refractivity contribution < 1.29 is 14.4 Å². The van der Waals surface area contributed by atoms with Crippen molar-refractivity contribution >= 4 is 24.3 Å². The molecule has 64 valence electrons. The van der Waals surface area contributed by atoms with Crippen LogP contribution < -0.4 is 5.46 Å². The summed E-state index contributed by atoms with van der Waals surface area (Å²) in [4.78, 5) is 0.417. The molecule has 1 aromatic rings. The van der Waals surface area contributed by atoms with E-state index >= 15 is 0 Å². The van der Waals surface area contributed by atoms with Gasteiger partial charge < -0.3 is 10.0 Å². The van der Waals surface area contributed by atoms with Gasteiger partial charge in [-0.2, -0.15) is 0 Å². The number of hydrogen-bond donors (Lipinski definition) is 2. The van der Waals surface area contributed by atoms with Crippen LogP contribution in [0.1, 0.15) is 0 Å². The second kappa shape index (κ2) is 3.93. The van der Waals surface area contributed by atoms with Crippen molar-refractivity contribution in [3.05, 3.63) is 24.0 Å². The van der Waals surface area contributed by atoms with Crippen molar-refractivity contribution in [1.82, 2.24) is 0 Å². The van der Waals surface area contributed by atoms with E-state index in [0.29, 0.717) is 10.4 Å². The third kappa shape index (κ3) is 2.00.